The predicted molar refractivity (Wildman–Crippen MR) is 148 cm³/mol. The molecule has 0 unspecified atom stereocenters. The van der Waals surface area contributed by atoms with Crippen LogP contribution in [0.5, 0.6) is 0 Å². The lowest BCUT2D eigenvalue weighted by Crippen LogP contribution is -2.24. The number of aliphatic imine (C=N–C) groups is 1. The highest BCUT2D eigenvalue weighted by molar-refractivity contribution is 6.26. The number of rotatable bonds is 8. The maximum Gasteiger partial charge on any atom is 0.255 e. The molecule has 190 valence electrons. The molecule has 6 nitrogen and oxygen atoms in total. The molecule has 7 heteroatoms. The fraction of sp³-hybridized carbons (Fsp3) is 0.161. The molecule has 0 bridgehead atoms. The largest absolute Gasteiger partial charge is 0.366 e. The van der Waals surface area contributed by atoms with Crippen molar-refractivity contribution in [1.82, 2.24) is 10.3 Å². The van der Waals surface area contributed by atoms with E-state index in [1.54, 1.807) is 43.6 Å². The van der Waals surface area contributed by atoms with E-state index in [-0.39, 0.29) is 24.1 Å². The molecule has 38 heavy (non-hydrogen) atoms. The van der Waals surface area contributed by atoms with Gasteiger partial charge in [0.1, 0.15) is 11.6 Å². The van der Waals surface area contributed by atoms with Gasteiger partial charge in [-0.15, -0.1) is 0 Å². The molecular formula is C31H27FN4O2. The third-order valence-corrected chi connectivity index (χ3v) is 6.50. The first kappa shape index (κ1) is 25.0. The van der Waals surface area contributed by atoms with Crippen LogP contribution in [0.4, 0.5) is 10.2 Å². The second-order valence-corrected chi connectivity index (χ2v) is 9.26. The number of benzene rings is 2. The van der Waals surface area contributed by atoms with Crippen molar-refractivity contribution in [2.45, 2.75) is 26.3 Å². The Morgan fingerprint density at radius 2 is 2.05 bits per heavy atom. The Kier molecular flexibility index (Phi) is 7.35. The Balaban J connectivity index is 1.20. The highest BCUT2D eigenvalue weighted by atomic mass is 19.1. The summed E-state index contributed by atoms with van der Waals surface area (Å²) in [4.78, 5) is 33.8. The molecule has 1 aliphatic carbocycles. The van der Waals surface area contributed by atoms with Crippen LogP contribution >= 0.6 is 0 Å². The first-order chi connectivity index (χ1) is 18.5. The van der Waals surface area contributed by atoms with Gasteiger partial charge in [0.05, 0.1) is 5.56 Å². The van der Waals surface area contributed by atoms with Gasteiger partial charge in [-0.1, -0.05) is 42.5 Å². The van der Waals surface area contributed by atoms with Crippen LogP contribution in [0, 0.1) is 12.7 Å². The number of pyridine rings is 1. The van der Waals surface area contributed by atoms with Crippen molar-refractivity contribution in [2.24, 2.45) is 4.99 Å². The molecule has 1 amide bonds. The first-order valence-electron chi connectivity index (χ1n) is 12.5. The van der Waals surface area contributed by atoms with E-state index < -0.39 is 0 Å². The van der Waals surface area contributed by atoms with E-state index in [1.165, 1.54) is 6.07 Å². The fourth-order valence-corrected chi connectivity index (χ4v) is 4.52. The molecule has 0 spiro atoms. The third kappa shape index (κ3) is 5.67. The molecule has 2 aliphatic rings. The van der Waals surface area contributed by atoms with Gasteiger partial charge in [-0.3, -0.25) is 14.6 Å². The summed E-state index contributed by atoms with van der Waals surface area (Å²) in [5.74, 6) is 0.0730. The molecule has 2 N–H and O–H groups in total. The van der Waals surface area contributed by atoms with Crippen molar-refractivity contribution in [1.29, 1.82) is 0 Å². The van der Waals surface area contributed by atoms with Crippen LogP contribution in [0.15, 0.2) is 83.6 Å². The monoisotopic (exact) mass is 506 g/mol. The number of nitrogens with one attached hydrogen (secondary N) is 2. The molecule has 1 aromatic heterocycles. The van der Waals surface area contributed by atoms with E-state index in [4.69, 9.17) is 0 Å². The first-order valence-corrected chi connectivity index (χ1v) is 12.5. The molecule has 0 saturated carbocycles. The summed E-state index contributed by atoms with van der Waals surface area (Å²) in [6.07, 6.45) is 12.3. The van der Waals surface area contributed by atoms with Gasteiger partial charge in [0, 0.05) is 50.1 Å². The van der Waals surface area contributed by atoms with Gasteiger partial charge in [-0.25, -0.2) is 9.37 Å². The number of nitrogens with zero attached hydrogens (tertiary/aromatic N) is 2. The zero-order valence-electron chi connectivity index (χ0n) is 21.0. The van der Waals surface area contributed by atoms with Crippen LogP contribution in [0.25, 0.3) is 11.6 Å². The fourth-order valence-electron chi connectivity index (χ4n) is 4.52. The van der Waals surface area contributed by atoms with Crippen LogP contribution in [-0.4, -0.2) is 29.4 Å². The van der Waals surface area contributed by atoms with Gasteiger partial charge in [-0.2, -0.15) is 0 Å². The van der Waals surface area contributed by atoms with Crippen LogP contribution in [0.3, 0.4) is 0 Å². The molecule has 5 rings (SSSR count). The minimum absolute atomic E-state index is 0.131. The summed E-state index contributed by atoms with van der Waals surface area (Å²) in [6, 6.07) is 14.2. The molecule has 0 fully saturated rings. The topological polar surface area (TPSA) is 83.5 Å². The number of ketones is 1. The number of amides is 1. The summed E-state index contributed by atoms with van der Waals surface area (Å²) < 4.78 is 13.5. The lowest BCUT2D eigenvalue weighted by Gasteiger charge is -2.11. The van der Waals surface area contributed by atoms with Crippen molar-refractivity contribution < 1.29 is 14.0 Å². The van der Waals surface area contributed by atoms with Crippen molar-refractivity contribution in [3.63, 3.8) is 0 Å². The Bertz CT molecular complexity index is 1530. The van der Waals surface area contributed by atoms with E-state index >= 15 is 0 Å². The summed E-state index contributed by atoms with van der Waals surface area (Å²) in [6.45, 7) is 2.44. The van der Waals surface area contributed by atoms with Crippen LogP contribution in [0.1, 0.15) is 44.6 Å². The van der Waals surface area contributed by atoms with Crippen molar-refractivity contribution in [3.8, 4) is 0 Å². The average molecular weight is 507 g/mol. The Morgan fingerprint density at radius 1 is 1.16 bits per heavy atom. The van der Waals surface area contributed by atoms with E-state index in [0.717, 1.165) is 39.8 Å². The van der Waals surface area contributed by atoms with E-state index in [1.807, 2.05) is 42.6 Å². The lowest BCUT2D eigenvalue weighted by molar-refractivity contribution is -0.112. The second kappa shape index (κ2) is 11.2. The van der Waals surface area contributed by atoms with Crippen molar-refractivity contribution >= 4 is 35.4 Å². The minimum Gasteiger partial charge on any atom is -0.366 e. The maximum absolute atomic E-state index is 13.5. The summed E-state index contributed by atoms with van der Waals surface area (Å²) >= 11 is 0. The quantitative estimate of drug-likeness (QED) is 0.398. The van der Waals surface area contributed by atoms with Crippen LogP contribution < -0.4 is 10.6 Å². The normalized spacial score (nSPS) is 15.3. The molecule has 2 heterocycles. The second-order valence-electron chi connectivity index (χ2n) is 9.26. The van der Waals surface area contributed by atoms with Gasteiger partial charge in [-0.05, 0) is 64.6 Å². The third-order valence-electron chi connectivity index (χ3n) is 6.50. The smallest absolute Gasteiger partial charge is 0.255 e. The molecule has 2 aromatic carbocycles. The van der Waals surface area contributed by atoms with Crippen LogP contribution in [-0.2, 0) is 17.8 Å². The minimum atomic E-state index is -0.269. The van der Waals surface area contributed by atoms with E-state index in [2.05, 4.69) is 20.6 Å². The Morgan fingerprint density at radius 3 is 2.87 bits per heavy atom. The van der Waals surface area contributed by atoms with Gasteiger partial charge in [0.2, 0.25) is 0 Å². The van der Waals surface area contributed by atoms with Gasteiger partial charge < -0.3 is 10.6 Å². The van der Waals surface area contributed by atoms with Gasteiger partial charge in [0.15, 0.2) is 5.78 Å². The molecule has 1 aliphatic heterocycles. The number of Topliss-reactive ketones (excluding diaryl/α,β-unsaturated/α-hetero) is 1. The highest BCUT2D eigenvalue weighted by Gasteiger charge is 2.24. The molecule has 0 atom stereocenters. The number of anilines is 1. The number of carbonyl (C=O) groups excluding carboxylic acids is 2. The Hall–Kier alpha value is -4.65. The number of fused-ring (bicyclic) bond motifs is 1. The zero-order chi connectivity index (χ0) is 26.5. The molecule has 0 saturated heterocycles. The van der Waals surface area contributed by atoms with Crippen LogP contribution in [0.2, 0.25) is 0 Å². The molecular weight excluding hydrogens is 479 g/mol. The van der Waals surface area contributed by atoms with Gasteiger partial charge in [0.25, 0.3) is 5.91 Å². The number of hydrogen-bond acceptors (Lipinski definition) is 5. The number of carbonyl (C=O) groups is 2. The van der Waals surface area contributed by atoms with Gasteiger partial charge >= 0.3 is 0 Å². The average Bonchev–Trinajstić information content (AvgIpc) is 3.55. The zero-order valence-corrected chi connectivity index (χ0v) is 21.0. The SMILES string of the molecule is Cc1cc(CNC(=O)c2cccnc2NC/C=C/c2ccc3c(c2)CC(=O)/C3=C\C2=CN=CC2)ccc1F. The number of aromatic nitrogens is 1. The molecule has 0 radical (unpaired) electrons. The highest BCUT2D eigenvalue weighted by Crippen LogP contribution is 2.32. The summed E-state index contributed by atoms with van der Waals surface area (Å²) in [5.41, 5.74) is 6.59. The summed E-state index contributed by atoms with van der Waals surface area (Å²) in [5, 5.41) is 6.07. The number of allylic oxidation sites excluding steroid dienone is 3. The predicted octanol–water partition coefficient (Wildman–Crippen LogP) is 5.45. The molecule has 3 aromatic rings. The van der Waals surface area contributed by atoms with E-state index in [9.17, 15) is 14.0 Å². The Labute approximate surface area is 220 Å². The van der Waals surface area contributed by atoms with Crippen molar-refractivity contribution in [3.05, 3.63) is 118 Å². The lowest BCUT2D eigenvalue weighted by atomic mass is 10.0. The number of aryl methyl sites for hydroxylation is 1. The van der Waals surface area contributed by atoms with Crippen molar-refractivity contribution in [2.75, 3.05) is 11.9 Å². The standard InChI is InChI=1S/C31H27FN4O2/c1-20-14-22(7-9-28(20)32)19-36-31(38)26-5-3-12-35-30(26)34-11-2-4-21-6-8-25-24(15-21)17-29(37)27(25)16-23-10-13-33-18-23/h2-9,12-16,18H,10-11,17,19H2,1H3,(H,34,35)(H,36,38)/b4-2+,27-16-. The maximum atomic E-state index is 13.5. The number of hydrogen-bond donors (Lipinski definition) is 2. The summed E-state index contributed by atoms with van der Waals surface area (Å²) in [7, 11) is 0. The number of halogens is 1. The van der Waals surface area contributed by atoms with E-state index in [0.29, 0.717) is 29.9 Å².